The Morgan fingerprint density at radius 3 is 2.67 bits per heavy atom. The molecule has 3 nitrogen and oxygen atoms in total. The molecule has 1 aromatic rings. The van der Waals surface area contributed by atoms with E-state index in [1.807, 2.05) is 12.1 Å². The first-order valence-electron chi connectivity index (χ1n) is 6.46. The molecule has 3 heteroatoms. The number of nitrogens with zero attached hydrogens (tertiary/aromatic N) is 1. The highest BCUT2D eigenvalue weighted by molar-refractivity contribution is 5.94. The third-order valence-corrected chi connectivity index (χ3v) is 3.32. The highest BCUT2D eigenvalue weighted by Crippen LogP contribution is 2.23. The maximum Gasteiger partial charge on any atom is 0.253 e. The predicted octanol–water partition coefficient (Wildman–Crippen LogP) is 2.02. The zero-order chi connectivity index (χ0) is 13.3. The van der Waals surface area contributed by atoms with E-state index in [0.29, 0.717) is 6.54 Å². The molecular formula is C15H21NO2. The highest BCUT2D eigenvalue weighted by atomic mass is 16.3. The minimum Gasteiger partial charge on any atom is -0.389 e. The largest absolute Gasteiger partial charge is 0.389 e. The number of fused-ring (bicyclic) bond motifs is 1. The van der Waals surface area contributed by atoms with Crippen molar-refractivity contribution in [2.24, 2.45) is 0 Å². The molecule has 0 aromatic heterocycles. The minimum absolute atomic E-state index is 0.0215. The molecule has 0 fully saturated rings. The van der Waals surface area contributed by atoms with Crippen molar-refractivity contribution in [2.75, 3.05) is 13.6 Å². The fraction of sp³-hybridized carbons (Fsp3) is 0.533. The Hall–Kier alpha value is -1.35. The fourth-order valence-electron chi connectivity index (χ4n) is 2.58. The number of benzene rings is 1. The van der Waals surface area contributed by atoms with Gasteiger partial charge < -0.3 is 10.0 Å². The Morgan fingerprint density at radius 2 is 2.00 bits per heavy atom. The van der Waals surface area contributed by atoms with Gasteiger partial charge in [-0.05, 0) is 56.4 Å². The molecule has 0 atom stereocenters. The molecule has 0 spiro atoms. The van der Waals surface area contributed by atoms with E-state index in [4.69, 9.17) is 0 Å². The number of hydrogen-bond acceptors (Lipinski definition) is 2. The van der Waals surface area contributed by atoms with Crippen LogP contribution in [0.15, 0.2) is 18.2 Å². The van der Waals surface area contributed by atoms with Crippen LogP contribution in [0.25, 0.3) is 0 Å². The molecule has 0 unspecified atom stereocenters. The summed E-state index contributed by atoms with van der Waals surface area (Å²) in [6.07, 6.45) is 3.39. The predicted molar refractivity (Wildman–Crippen MR) is 71.7 cm³/mol. The van der Waals surface area contributed by atoms with Crippen molar-refractivity contribution >= 4 is 5.91 Å². The lowest BCUT2D eigenvalue weighted by atomic mass is 10.0. The number of carbonyl (C=O) groups excluding carboxylic acids is 1. The highest BCUT2D eigenvalue weighted by Gasteiger charge is 2.21. The van der Waals surface area contributed by atoms with Gasteiger partial charge in [0.25, 0.3) is 5.91 Å². The molecule has 1 amide bonds. The van der Waals surface area contributed by atoms with E-state index in [9.17, 15) is 9.90 Å². The quantitative estimate of drug-likeness (QED) is 0.887. The van der Waals surface area contributed by atoms with Crippen LogP contribution in [0.2, 0.25) is 0 Å². The monoisotopic (exact) mass is 247 g/mol. The van der Waals surface area contributed by atoms with E-state index in [-0.39, 0.29) is 5.91 Å². The molecular weight excluding hydrogens is 226 g/mol. The van der Waals surface area contributed by atoms with E-state index >= 15 is 0 Å². The summed E-state index contributed by atoms with van der Waals surface area (Å²) in [5.41, 5.74) is 2.54. The Labute approximate surface area is 108 Å². The molecule has 0 saturated carbocycles. The van der Waals surface area contributed by atoms with Crippen LogP contribution in [-0.2, 0) is 12.8 Å². The van der Waals surface area contributed by atoms with Crippen LogP contribution >= 0.6 is 0 Å². The van der Waals surface area contributed by atoms with E-state index in [0.717, 1.165) is 18.4 Å². The van der Waals surface area contributed by atoms with Gasteiger partial charge in [0.2, 0.25) is 0 Å². The number of aryl methyl sites for hydroxylation is 2. The van der Waals surface area contributed by atoms with E-state index in [1.54, 1.807) is 25.8 Å². The van der Waals surface area contributed by atoms with Gasteiger partial charge in [0.15, 0.2) is 0 Å². The summed E-state index contributed by atoms with van der Waals surface area (Å²) in [6, 6.07) is 5.96. The topological polar surface area (TPSA) is 40.5 Å². The Bertz CT molecular complexity index is 460. The van der Waals surface area contributed by atoms with Crippen molar-refractivity contribution in [3.05, 3.63) is 34.9 Å². The van der Waals surface area contributed by atoms with Gasteiger partial charge >= 0.3 is 0 Å². The van der Waals surface area contributed by atoms with E-state index < -0.39 is 5.60 Å². The molecule has 1 N–H and O–H groups in total. The van der Waals surface area contributed by atoms with Crippen LogP contribution in [0.4, 0.5) is 0 Å². The summed E-state index contributed by atoms with van der Waals surface area (Å²) in [4.78, 5) is 13.8. The second kappa shape index (κ2) is 4.73. The lowest BCUT2D eigenvalue weighted by Gasteiger charge is -2.25. The van der Waals surface area contributed by atoms with Crippen LogP contribution in [0.1, 0.15) is 41.8 Å². The molecule has 1 aliphatic rings. The van der Waals surface area contributed by atoms with Crippen LogP contribution in [-0.4, -0.2) is 35.1 Å². The van der Waals surface area contributed by atoms with Crippen molar-refractivity contribution in [3.8, 4) is 0 Å². The Balaban J connectivity index is 2.14. The lowest BCUT2D eigenvalue weighted by molar-refractivity contribution is 0.0368. The zero-order valence-electron chi connectivity index (χ0n) is 11.4. The van der Waals surface area contributed by atoms with Gasteiger partial charge in [0.1, 0.15) is 0 Å². The zero-order valence-corrected chi connectivity index (χ0v) is 11.4. The number of likely N-dealkylation sites (N-methyl/N-ethyl adjacent to an activating group) is 1. The van der Waals surface area contributed by atoms with Gasteiger partial charge in [-0.1, -0.05) is 6.07 Å². The first-order chi connectivity index (χ1) is 8.37. The van der Waals surface area contributed by atoms with Gasteiger partial charge in [0.05, 0.1) is 5.60 Å². The lowest BCUT2D eigenvalue weighted by Crippen LogP contribution is -2.39. The summed E-state index contributed by atoms with van der Waals surface area (Å²) in [6.45, 7) is 3.75. The van der Waals surface area contributed by atoms with Gasteiger partial charge in [-0.25, -0.2) is 0 Å². The molecule has 18 heavy (non-hydrogen) atoms. The second-order valence-electron chi connectivity index (χ2n) is 5.81. The summed E-state index contributed by atoms with van der Waals surface area (Å²) in [5, 5.41) is 9.74. The molecule has 0 saturated heterocycles. The molecule has 0 aliphatic heterocycles. The fourth-order valence-corrected chi connectivity index (χ4v) is 2.58. The standard InChI is InChI=1S/C15H21NO2/c1-15(2,18)10-16(3)14(17)13-8-7-11-5-4-6-12(11)9-13/h7-9,18H,4-6,10H2,1-3H3. The van der Waals surface area contributed by atoms with E-state index in [1.165, 1.54) is 17.5 Å². The summed E-state index contributed by atoms with van der Waals surface area (Å²) in [7, 11) is 1.73. The van der Waals surface area contributed by atoms with E-state index in [2.05, 4.69) is 6.07 Å². The van der Waals surface area contributed by atoms with Gasteiger partial charge in [0, 0.05) is 19.2 Å². The van der Waals surface area contributed by atoms with Gasteiger partial charge in [-0.3, -0.25) is 4.79 Å². The maximum absolute atomic E-state index is 12.2. The number of rotatable bonds is 3. The number of hydrogen-bond donors (Lipinski definition) is 1. The van der Waals surface area contributed by atoms with Crippen LogP contribution in [0.3, 0.4) is 0 Å². The molecule has 0 bridgehead atoms. The SMILES string of the molecule is CN(CC(C)(C)O)C(=O)c1ccc2c(c1)CCC2. The van der Waals surface area contributed by atoms with Crippen LogP contribution in [0, 0.1) is 0 Å². The first-order valence-corrected chi connectivity index (χ1v) is 6.46. The van der Waals surface area contributed by atoms with Crippen molar-refractivity contribution in [3.63, 3.8) is 0 Å². The average molecular weight is 247 g/mol. The molecule has 98 valence electrons. The van der Waals surface area contributed by atoms with Crippen LogP contribution < -0.4 is 0 Å². The maximum atomic E-state index is 12.2. The smallest absolute Gasteiger partial charge is 0.253 e. The summed E-state index contributed by atoms with van der Waals surface area (Å²) in [5.74, 6) is -0.0215. The van der Waals surface area contributed by atoms with Crippen molar-refractivity contribution in [1.82, 2.24) is 4.90 Å². The minimum atomic E-state index is -0.860. The Morgan fingerprint density at radius 1 is 1.33 bits per heavy atom. The van der Waals surface area contributed by atoms with Crippen molar-refractivity contribution < 1.29 is 9.90 Å². The summed E-state index contributed by atoms with van der Waals surface area (Å²) < 4.78 is 0. The second-order valence-corrected chi connectivity index (χ2v) is 5.81. The Kier molecular flexibility index (Phi) is 3.44. The summed E-state index contributed by atoms with van der Waals surface area (Å²) >= 11 is 0. The van der Waals surface area contributed by atoms with Crippen molar-refractivity contribution in [1.29, 1.82) is 0 Å². The van der Waals surface area contributed by atoms with Crippen molar-refractivity contribution in [2.45, 2.75) is 38.7 Å². The first kappa shape index (κ1) is 13.1. The molecule has 0 radical (unpaired) electrons. The molecule has 2 rings (SSSR count). The van der Waals surface area contributed by atoms with Gasteiger partial charge in [-0.2, -0.15) is 0 Å². The number of amides is 1. The number of carbonyl (C=O) groups is 1. The van der Waals surface area contributed by atoms with Crippen LogP contribution in [0.5, 0.6) is 0 Å². The molecule has 0 heterocycles. The molecule has 1 aromatic carbocycles. The molecule has 1 aliphatic carbocycles. The third-order valence-electron chi connectivity index (χ3n) is 3.32. The number of aliphatic hydroxyl groups is 1. The normalized spacial score (nSPS) is 14.4. The van der Waals surface area contributed by atoms with Gasteiger partial charge in [-0.15, -0.1) is 0 Å². The third kappa shape index (κ3) is 2.91. The average Bonchev–Trinajstić information content (AvgIpc) is 2.72.